The number of hydrogen-bond donors (Lipinski definition) is 0. The second kappa shape index (κ2) is 26.2. The summed E-state index contributed by atoms with van der Waals surface area (Å²) in [6, 6.07) is 89.3. The van der Waals surface area contributed by atoms with Gasteiger partial charge in [-0.2, -0.15) is 11.1 Å². The molecule has 0 aliphatic heterocycles. The second-order valence-electron chi connectivity index (χ2n) is 19.7. The van der Waals surface area contributed by atoms with Gasteiger partial charge in [0.1, 0.15) is 8.07 Å². The van der Waals surface area contributed by atoms with Crippen molar-refractivity contribution in [1.82, 2.24) is 0 Å². The molecule has 5 heteroatoms. The van der Waals surface area contributed by atoms with Gasteiger partial charge in [-0.3, -0.25) is 6.08 Å². The first-order valence-corrected chi connectivity index (χ1v) is 27.2. The fourth-order valence-corrected chi connectivity index (χ4v) is 18.5. The molecule has 0 saturated carbocycles. The summed E-state index contributed by atoms with van der Waals surface area (Å²) >= 11 is 0. The van der Waals surface area contributed by atoms with Crippen LogP contribution in [-0.2, 0) is 60.2 Å². The molecule has 0 N–H and O–H groups in total. The predicted molar refractivity (Wildman–Crippen MR) is 299 cm³/mol. The summed E-state index contributed by atoms with van der Waals surface area (Å²) in [5.74, 6) is 0. The van der Waals surface area contributed by atoms with Crippen LogP contribution in [0.1, 0.15) is 94.5 Å². The Morgan fingerprint density at radius 2 is 0.568 bits per heavy atom. The van der Waals surface area contributed by atoms with Crippen molar-refractivity contribution in [3.05, 3.63) is 326 Å². The first kappa shape index (κ1) is 57.5. The van der Waals surface area contributed by atoms with Crippen LogP contribution in [0.2, 0.25) is 5.04 Å². The van der Waals surface area contributed by atoms with Gasteiger partial charge in [-0.1, -0.05) is 262 Å². The van der Waals surface area contributed by atoms with Gasteiger partial charge in [0.25, 0.3) is 0 Å². The van der Waals surface area contributed by atoms with E-state index in [0.29, 0.717) is 0 Å². The second-order valence-corrected chi connectivity index (χ2v) is 23.8. The van der Waals surface area contributed by atoms with Crippen LogP contribution in [0.15, 0.2) is 253 Å². The molecule has 1 aliphatic carbocycles. The number of rotatable bonds is 16. The van der Waals surface area contributed by atoms with Gasteiger partial charge in [-0.05, 0) is 121 Å². The van der Waals surface area contributed by atoms with Crippen LogP contribution in [0.5, 0.6) is 0 Å². The topological polar surface area (TPSA) is 0 Å². The van der Waals surface area contributed by atoms with Crippen molar-refractivity contribution in [1.29, 1.82) is 0 Å². The predicted octanol–water partition coefficient (Wildman–Crippen LogP) is 5.57. The Balaban J connectivity index is 0.00000223. The number of halogens is 3. The van der Waals surface area contributed by atoms with Crippen molar-refractivity contribution in [2.45, 2.75) is 71.3 Å². The molecule has 368 valence electrons. The van der Waals surface area contributed by atoms with E-state index in [1.807, 2.05) is 0 Å². The minimum atomic E-state index is -3.49. The Hall–Kier alpha value is -5.74. The minimum absolute atomic E-state index is 0. The SMILES string of the molecule is CC1=[C-]C(C)([Si](c2cccc(Cc3ccccc3)c2Cc2ccccc2)(c2cccc(Cc3ccccc3)c2Cc2ccccc2)c2cccc(Cc3ccccc3)c2Cc2ccccc2)C(C)=C1C.[Cl-].[Cl-].[Cl-].[Ti+4]. The summed E-state index contributed by atoms with van der Waals surface area (Å²) in [6.45, 7) is 9.71. The Kier molecular flexibility index (Phi) is 20.3. The molecule has 1 aliphatic rings. The molecular formula is C69H63Cl3SiTi. The molecule has 0 spiro atoms. The maximum Gasteiger partial charge on any atom is 4.00 e. The van der Waals surface area contributed by atoms with E-state index >= 15 is 0 Å². The Bertz CT molecular complexity index is 2970. The van der Waals surface area contributed by atoms with Crippen molar-refractivity contribution < 1.29 is 58.9 Å². The van der Waals surface area contributed by atoms with E-state index in [1.165, 1.54) is 99.0 Å². The Labute approximate surface area is 476 Å². The molecular weight excluding hydrogens is 1010 g/mol. The number of allylic oxidation sites excluding steroid dienone is 4. The molecule has 9 aromatic rings. The third-order valence-electron chi connectivity index (χ3n) is 15.5. The zero-order valence-electron chi connectivity index (χ0n) is 42.9. The maximum atomic E-state index is 4.45. The summed E-state index contributed by atoms with van der Waals surface area (Å²) in [6.07, 6.45) is 9.46. The van der Waals surface area contributed by atoms with Gasteiger partial charge in [0.05, 0.1) is 0 Å². The Morgan fingerprint density at radius 3 is 0.797 bits per heavy atom. The van der Waals surface area contributed by atoms with E-state index in [1.54, 1.807) is 0 Å². The van der Waals surface area contributed by atoms with Gasteiger partial charge in [0.2, 0.25) is 0 Å². The number of benzene rings is 9. The van der Waals surface area contributed by atoms with E-state index in [0.717, 1.165) is 38.5 Å². The molecule has 74 heavy (non-hydrogen) atoms. The molecule has 0 heterocycles. The van der Waals surface area contributed by atoms with E-state index in [4.69, 9.17) is 0 Å². The summed E-state index contributed by atoms with van der Waals surface area (Å²) in [5.41, 5.74) is 20.5. The standard InChI is InChI=1S/C69H63Si.3ClH.Ti/c1-51-50-69(4,53(3)52(51)2)70(66-41-23-38-60(44-54-26-11-5-12-27-54)63(66)47-57-32-17-8-18-33-57,67-42-24-39-61(45-55-28-13-6-14-29-55)64(67)48-58-34-19-9-20-35-58)68-43-25-40-62(46-56-30-15-7-16-31-56)65(68)49-59-36-21-10-22-37-59;;;;/h5-43H,44-49H2,1-4H3;3*1H;/q-1;;;;+4/p-3. The van der Waals surface area contributed by atoms with Gasteiger partial charge >= 0.3 is 21.7 Å². The quantitative estimate of drug-likeness (QED) is 0.0676. The first-order valence-electron chi connectivity index (χ1n) is 25.2. The fourth-order valence-electron chi connectivity index (χ4n) is 11.8. The summed E-state index contributed by atoms with van der Waals surface area (Å²) < 4.78 is 0. The van der Waals surface area contributed by atoms with E-state index in [2.05, 4.69) is 270 Å². The Morgan fingerprint density at radius 1 is 0.324 bits per heavy atom. The largest absolute Gasteiger partial charge is 4.00 e. The smallest absolute Gasteiger partial charge is 1.00 e. The molecule has 0 bridgehead atoms. The molecule has 0 radical (unpaired) electrons. The third kappa shape index (κ3) is 11.9. The first-order chi connectivity index (χ1) is 34.3. The van der Waals surface area contributed by atoms with Crippen LogP contribution in [0.3, 0.4) is 0 Å². The van der Waals surface area contributed by atoms with Crippen molar-refractivity contribution in [2.75, 3.05) is 0 Å². The van der Waals surface area contributed by atoms with E-state index in [9.17, 15) is 0 Å². The molecule has 0 aromatic heterocycles. The summed E-state index contributed by atoms with van der Waals surface area (Å²) in [5, 5.41) is 3.96. The molecule has 1 atom stereocenters. The minimum Gasteiger partial charge on any atom is -1.00 e. The third-order valence-corrected chi connectivity index (χ3v) is 21.3. The van der Waals surface area contributed by atoms with Crippen LogP contribution < -0.4 is 52.8 Å². The van der Waals surface area contributed by atoms with Crippen LogP contribution in [-0.4, -0.2) is 8.07 Å². The fraction of sp³-hybridized carbons (Fsp3) is 0.159. The van der Waals surface area contributed by atoms with E-state index in [-0.39, 0.29) is 58.9 Å². The molecule has 0 fully saturated rings. The van der Waals surface area contributed by atoms with Crippen molar-refractivity contribution in [2.24, 2.45) is 0 Å². The normalized spacial score (nSPS) is 13.9. The van der Waals surface area contributed by atoms with Crippen molar-refractivity contribution >= 4 is 23.6 Å². The molecule has 10 rings (SSSR count). The zero-order chi connectivity index (χ0) is 47.9. The zero-order valence-corrected chi connectivity index (χ0v) is 47.7. The maximum absolute atomic E-state index is 4.45. The molecule has 1 unspecified atom stereocenters. The average Bonchev–Trinajstić information content (AvgIpc) is 3.60. The average molecular weight is 1070 g/mol. The summed E-state index contributed by atoms with van der Waals surface area (Å²) in [4.78, 5) is 0. The molecule has 0 nitrogen and oxygen atoms in total. The van der Waals surface area contributed by atoms with E-state index < -0.39 is 13.1 Å². The van der Waals surface area contributed by atoms with Crippen molar-refractivity contribution in [3.63, 3.8) is 0 Å². The van der Waals surface area contributed by atoms with Gasteiger partial charge < -0.3 is 37.2 Å². The van der Waals surface area contributed by atoms with Crippen LogP contribution >= 0.6 is 0 Å². The monoisotopic (exact) mass is 1070 g/mol. The van der Waals surface area contributed by atoms with Crippen LogP contribution in [0.4, 0.5) is 0 Å². The molecule has 0 saturated heterocycles. The summed E-state index contributed by atoms with van der Waals surface area (Å²) in [7, 11) is -3.49. The molecule has 0 amide bonds. The number of hydrogen-bond acceptors (Lipinski definition) is 0. The van der Waals surface area contributed by atoms with Crippen LogP contribution in [0, 0.1) is 6.08 Å². The van der Waals surface area contributed by atoms with Gasteiger partial charge in [0, 0.05) is 0 Å². The van der Waals surface area contributed by atoms with Crippen LogP contribution in [0.25, 0.3) is 0 Å². The van der Waals surface area contributed by atoms with Gasteiger partial charge in [-0.25, -0.2) is 5.57 Å². The van der Waals surface area contributed by atoms with Crippen molar-refractivity contribution in [3.8, 4) is 0 Å². The van der Waals surface area contributed by atoms with Gasteiger partial charge in [0.15, 0.2) is 0 Å². The van der Waals surface area contributed by atoms with Gasteiger partial charge in [-0.15, -0.1) is 6.92 Å². The molecule has 9 aromatic carbocycles.